The van der Waals surface area contributed by atoms with Gasteiger partial charge >= 0.3 is 5.97 Å². The Labute approximate surface area is 202 Å². The van der Waals surface area contributed by atoms with Crippen LogP contribution in [0.4, 0.5) is 0 Å². The summed E-state index contributed by atoms with van der Waals surface area (Å²) in [6.07, 6.45) is 0.0793. The number of benzene rings is 2. The van der Waals surface area contributed by atoms with Crippen LogP contribution in [0.15, 0.2) is 36.4 Å². The summed E-state index contributed by atoms with van der Waals surface area (Å²) in [6, 6.07) is 13.4. The summed E-state index contributed by atoms with van der Waals surface area (Å²) in [6.45, 7) is 26.7. The highest BCUT2D eigenvalue weighted by atomic mass is 16.4. The molecule has 0 fully saturated rings. The molecule has 182 valence electrons. The van der Waals surface area contributed by atoms with Crippen molar-refractivity contribution in [1.82, 2.24) is 0 Å². The minimum absolute atomic E-state index is 0.0335. The first-order valence-corrected chi connectivity index (χ1v) is 12.2. The Kier molecular flexibility index (Phi) is 7.35. The summed E-state index contributed by atoms with van der Waals surface area (Å²) in [5.41, 5.74) is 7.17. The molecule has 0 aliphatic carbocycles. The van der Waals surface area contributed by atoms with Crippen LogP contribution in [0, 0.1) is 0 Å². The zero-order chi connectivity index (χ0) is 25.6. The first-order valence-electron chi connectivity index (χ1n) is 12.2. The summed E-state index contributed by atoms with van der Waals surface area (Å²) in [5, 5.41) is 9.96. The Balaban J connectivity index is 2.88. The van der Waals surface area contributed by atoms with Crippen LogP contribution in [-0.2, 0) is 26.5 Å². The lowest BCUT2D eigenvalue weighted by molar-refractivity contribution is -0.137. The molecule has 0 atom stereocenters. The lowest BCUT2D eigenvalue weighted by atomic mass is 9.70. The lowest BCUT2D eigenvalue weighted by Gasteiger charge is -2.34. The highest BCUT2D eigenvalue weighted by Crippen LogP contribution is 2.42. The van der Waals surface area contributed by atoms with Crippen molar-refractivity contribution in [2.24, 2.45) is 0 Å². The zero-order valence-corrected chi connectivity index (χ0v) is 23.1. The van der Waals surface area contributed by atoms with Crippen molar-refractivity contribution in [2.45, 2.75) is 117 Å². The van der Waals surface area contributed by atoms with Gasteiger partial charge in [-0.05, 0) is 55.0 Å². The Hall–Kier alpha value is -2.09. The van der Waals surface area contributed by atoms with E-state index in [-0.39, 0.29) is 34.0 Å². The van der Waals surface area contributed by atoms with Crippen LogP contribution >= 0.6 is 0 Å². The maximum Gasteiger partial charge on any atom is 0.304 e. The fourth-order valence-electron chi connectivity index (χ4n) is 4.51. The average molecular weight is 451 g/mol. The molecule has 0 spiro atoms. The number of carboxylic acid groups (broad SMARTS) is 1. The maximum atomic E-state index is 12.1. The van der Waals surface area contributed by atoms with E-state index in [1.54, 1.807) is 0 Å². The number of hydrogen-bond donors (Lipinski definition) is 1. The molecule has 1 N–H and O–H groups in total. The second-order valence-corrected chi connectivity index (χ2v) is 13.8. The van der Waals surface area contributed by atoms with Gasteiger partial charge in [0, 0.05) is 5.92 Å². The van der Waals surface area contributed by atoms with E-state index in [4.69, 9.17) is 0 Å². The molecule has 0 aromatic heterocycles. The summed E-state index contributed by atoms with van der Waals surface area (Å²) >= 11 is 0. The van der Waals surface area contributed by atoms with Crippen molar-refractivity contribution in [3.8, 4) is 0 Å². The van der Waals surface area contributed by atoms with E-state index in [0.29, 0.717) is 0 Å². The van der Waals surface area contributed by atoms with E-state index < -0.39 is 5.97 Å². The van der Waals surface area contributed by atoms with Crippen molar-refractivity contribution in [1.29, 1.82) is 0 Å². The molecule has 0 aliphatic heterocycles. The Morgan fingerprint density at radius 2 is 0.970 bits per heavy atom. The van der Waals surface area contributed by atoms with Crippen LogP contribution in [0.2, 0.25) is 0 Å². The van der Waals surface area contributed by atoms with Gasteiger partial charge in [0.2, 0.25) is 0 Å². The van der Waals surface area contributed by atoms with Crippen LogP contribution in [0.5, 0.6) is 0 Å². The Morgan fingerprint density at radius 3 is 1.21 bits per heavy atom. The third-order valence-electron chi connectivity index (χ3n) is 6.58. The normalized spacial score (nSPS) is 13.5. The summed E-state index contributed by atoms with van der Waals surface area (Å²) in [5.74, 6) is -0.964. The molecule has 2 rings (SSSR count). The van der Waals surface area contributed by atoms with Gasteiger partial charge in [-0.25, -0.2) is 0 Å². The van der Waals surface area contributed by atoms with Gasteiger partial charge in [0.15, 0.2) is 0 Å². The maximum absolute atomic E-state index is 12.1. The van der Waals surface area contributed by atoms with Crippen LogP contribution < -0.4 is 0 Å². The molecule has 0 saturated heterocycles. The van der Waals surface area contributed by atoms with E-state index in [9.17, 15) is 9.90 Å². The second-order valence-electron chi connectivity index (χ2n) is 13.8. The van der Waals surface area contributed by atoms with E-state index in [2.05, 4.69) is 119 Å². The first-order chi connectivity index (χ1) is 14.7. The predicted octanol–water partition coefficient (Wildman–Crippen LogP) is 8.48. The fourth-order valence-corrected chi connectivity index (χ4v) is 4.51. The minimum atomic E-state index is -0.764. The highest BCUT2D eigenvalue weighted by Gasteiger charge is 2.32. The smallest absolute Gasteiger partial charge is 0.304 e. The quantitative estimate of drug-likeness (QED) is 0.507. The lowest BCUT2D eigenvalue weighted by Crippen LogP contribution is -2.24. The third kappa shape index (κ3) is 6.49. The zero-order valence-electron chi connectivity index (χ0n) is 23.1. The van der Waals surface area contributed by atoms with Crippen LogP contribution in [-0.4, -0.2) is 11.1 Å². The molecule has 0 saturated carbocycles. The standard InChI is InChI=1S/C31H46O2/c1-28(2,3)20-13-15-22(25(17-20)30(7,8)9)24(19-27(32)33)23-16-14-21(29(4,5)6)18-26(23)31(10,11)12/h13-18,24H,19H2,1-12H3,(H,32,33). The van der Waals surface area contributed by atoms with Crippen molar-refractivity contribution in [3.05, 3.63) is 69.8 Å². The van der Waals surface area contributed by atoms with E-state index in [0.717, 1.165) is 11.1 Å². The Bertz CT molecular complexity index is 924. The van der Waals surface area contributed by atoms with Crippen LogP contribution in [0.1, 0.15) is 129 Å². The number of carboxylic acids is 1. The molecule has 2 heteroatoms. The van der Waals surface area contributed by atoms with Gasteiger partial charge in [0.05, 0.1) is 6.42 Å². The number of hydrogen-bond acceptors (Lipinski definition) is 1. The second kappa shape index (κ2) is 8.93. The first kappa shape index (κ1) is 27.2. The molecule has 0 amide bonds. The molecule has 0 aliphatic rings. The Morgan fingerprint density at radius 1 is 0.636 bits per heavy atom. The predicted molar refractivity (Wildman–Crippen MR) is 142 cm³/mol. The molecular weight excluding hydrogens is 404 g/mol. The highest BCUT2D eigenvalue weighted by molar-refractivity contribution is 5.70. The van der Waals surface area contributed by atoms with E-state index in [1.807, 2.05) is 0 Å². The van der Waals surface area contributed by atoms with Crippen molar-refractivity contribution in [3.63, 3.8) is 0 Å². The monoisotopic (exact) mass is 450 g/mol. The number of carbonyl (C=O) groups is 1. The van der Waals surface area contributed by atoms with Gasteiger partial charge in [-0.3, -0.25) is 4.79 Å². The molecule has 2 aromatic carbocycles. The number of rotatable bonds is 4. The van der Waals surface area contributed by atoms with Crippen LogP contribution in [0.25, 0.3) is 0 Å². The largest absolute Gasteiger partial charge is 0.481 e. The third-order valence-corrected chi connectivity index (χ3v) is 6.58. The molecule has 33 heavy (non-hydrogen) atoms. The SMILES string of the molecule is CC(C)(C)c1ccc(C(CC(=O)O)c2ccc(C(C)(C)C)cc2C(C)(C)C)c(C(C)(C)C)c1. The molecular formula is C31H46O2. The minimum Gasteiger partial charge on any atom is -0.481 e. The van der Waals surface area contributed by atoms with Gasteiger partial charge in [-0.1, -0.05) is 119 Å². The van der Waals surface area contributed by atoms with Gasteiger partial charge in [0.1, 0.15) is 0 Å². The van der Waals surface area contributed by atoms with Crippen molar-refractivity contribution in [2.75, 3.05) is 0 Å². The van der Waals surface area contributed by atoms with Gasteiger partial charge in [0.25, 0.3) is 0 Å². The summed E-state index contributed by atoms with van der Waals surface area (Å²) in [4.78, 5) is 12.1. The topological polar surface area (TPSA) is 37.3 Å². The average Bonchev–Trinajstić information content (AvgIpc) is 2.62. The molecule has 2 nitrogen and oxygen atoms in total. The summed E-state index contributed by atoms with van der Waals surface area (Å²) in [7, 11) is 0. The summed E-state index contributed by atoms with van der Waals surface area (Å²) < 4.78 is 0. The van der Waals surface area contributed by atoms with E-state index in [1.165, 1.54) is 22.3 Å². The number of aliphatic carboxylic acids is 1. The molecule has 2 aromatic rings. The van der Waals surface area contributed by atoms with Gasteiger partial charge < -0.3 is 5.11 Å². The van der Waals surface area contributed by atoms with Crippen LogP contribution in [0.3, 0.4) is 0 Å². The fraction of sp³-hybridized carbons (Fsp3) is 0.581. The van der Waals surface area contributed by atoms with Gasteiger partial charge in [-0.15, -0.1) is 0 Å². The molecule has 0 radical (unpaired) electrons. The van der Waals surface area contributed by atoms with Crippen molar-refractivity contribution < 1.29 is 9.90 Å². The molecule has 0 heterocycles. The van der Waals surface area contributed by atoms with E-state index >= 15 is 0 Å². The molecule has 0 unspecified atom stereocenters. The molecule has 0 bridgehead atoms. The van der Waals surface area contributed by atoms with Crippen molar-refractivity contribution >= 4 is 5.97 Å². The van der Waals surface area contributed by atoms with Gasteiger partial charge in [-0.2, -0.15) is 0 Å².